The molecule has 0 bridgehead atoms. The molecule has 1 aromatic rings. The second-order valence-electron chi connectivity index (χ2n) is 5.01. The van der Waals surface area contributed by atoms with Crippen molar-refractivity contribution in [1.82, 2.24) is 5.32 Å². The van der Waals surface area contributed by atoms with Gasteiger partial charge in [0, 0.05) is 11.8 Å². The average molecular weight is 298 g/mol. The molecule has 7 heteroatoms. The molecule has 2 unspecified atom stereocenters. The van der Waals surface area contributed by atoms with E-state index in [0.717, 1.165) is 31.0 Å². The highest BCUT2D eigenvalue weighted by atomic mass is 19.2. The van der Waals surface area contributed by atoms with Gasteiger partial charge in [0.05, 0.1) is 12.1 Å². The first kappa shape index (κ1) is 15.4. The van der Waals surface area contributed by atoms with Crippen molar-refractivity contribution < 1.29 is 23.5 Å². The summed E-state index contributed by atoms with van der Waals surface area (Å²) in [5, 5.41) is 14.3. The number of benzene rings is 1. The van der Waals surface area contributed by atoms with Gasteiger partial charge in [-0.05, 0) is 25.0 Å². The molecule has 0 saturated heterocycles. The molecule has 5 nitrogen and oxygen atoms in total. The minimum Gasteiger partial charge on any atom is -0.391 e. The van der Waals surface area contributed by atoms with Crippen LogP contribution < -0.4 is 10.6 Å². The summed E-state index contributed by atoms with van der Waals surface area (Å²) in [6, 6.07) is 2.34. The second kappa shape index (κ2) is 6.62. The molecule has 0 spiro atoms. The Kier molecular flexibility index (Phi) is 4.85. The van der Waals surface area contributed by atoms with E-state index in [9.17, 15) is 23.5 Å². The van der Waals surface area contributed by atoms with Crippen molar-refractivity contribution in [3.05, 3.63) is 29.8 Å². The van der Waals surface area contributed by atoms with E-state index in [1.807, 2.05) is 0 Å². The summed E-state index contributed by atoms with van der Waals surface area (Å²) in [5.74, 6) is -4.05. The molecule has 3 N–H and O–H groups in total. The molecule has 0 heterocycles. The maximum atomic E-state index is 13.0. The predicted octanol–water partition coefficient (Wildman–Crippen LogP) is 1.32. The summed E-state index contributed by atoms with van der Waals surface area (Å²) < 4.78 is 25.7. The van der Waals surface area contributed by atoms with E-state index >= 15 is 0 Å². The standard InChI is InChI=1S/C14H16F2N2O3/c15-9-6-5-8(7-10(9)16)17-13(20)14(21)18-11-3-1-2-4-12(11)19/h5-7,11-12,19H,1-4H2,(H,17,20)(H,18,21). The quantitative estimate of drug-likeness (QED) is 0.721. The van der Waals surface area contributed by atoms with E-state index in [1.165, 1.54) is 0 Å². The van der Waals surface area contributed by atoms with E-state index in [-0.39, 0.29) is 5.69 Å². The first-order valence-electron chi connectivity index (χ1n) is 6.72. The van der Waals surface area contributed by atoms with Crippen LogP contribution in [0.15, 0.2) is 18.2 Å². The average Bonchev–Trinajstić information content (AvgIpc) is 2.45. The monoisotopic (exact) mass is 298 g/mol. The fraction of sp³-hybridized carbons (Fsp3) is 0.429. The molecule has 1 aromatic carbocycles. The Bertz CT molecular complexity index is 551. The molecule has 1 aliphatic rings. The van der Waals surface area contributed by atoms with Crippen LogP contribution in [-0.4, -0.2) is 29.1 Å². The number of carbonyl (C=O) groups excluding carboxylic acids is 2. The van der Waals surface area contributed by atoms with E-state index in [0.29, 0.717) is 12.8 Å². The van der Waals surface area contributed by atoms with Crippen molar-refractivity contribution in [3.8, 4) is 0 Å². The normalized spacial score (nSPS) is 21.7. The second-order valence-corrected chi connectivity index (χ2v) is 5.01. The molecular weight excluding hydrogens is 282 g/mol. The number of amides is 2. The summed E-state index contributed by atoms with van der Waals surface area (Å²) >= 11 is 0. The Morgan fingerprint density at radius 3 is 2.48 bits per heavy atom. The summed E-state index contributed by atoms with van der Waals surface area (Å²) in [7, 11) is 0. The van der Waals surface area contributed by atoms with Gasteiger partial charge >= 0.3 is 11.8 Å². The molecule has 0 aliphatic heterocycles. The first-order valence-corrected chi connectivity index (χ1v) is 6.72. The van der Waals surface area contributed by atoms with Crippen LogP contribution in [0.3, 0.4) is 0 Å². The van der Waals surface area contributed by atoms with Gasteiger partial charge in [0.2, 0.25) is 0 Å². The van der Waals surface area contributed by atoms with Gasteiger partial charge in [0.1, 0.15) is 0 Å². The molecule has 1 aliphatic carbocycles. The zero-order valence-corrected chi connectivity index (χ0v) is 11.2. The molecular formula is C14H16F2N2O3. The minimum atomic E-state index is -1.11. The maximum absolute atomic E-state index is 13.0. The summed E-state index contributed by atoms with van der Waals surface area (Å²) in [4.78, 5) is 23.4. The lowest BCUT2D eigenvalue weighted by molar-refractivity contribution is -0.137. The Hall–Kier alpha value is -2.02. The smallest absolute Gasteiger partial charge is 0.313 e. The van der Waals surface area contributed by atoms with Crippen LogP contribution in [0, 0.1) is 11.6 Å². The first-order chi connectivity index (χ1) is 9.97. The molecule has 2 rings (SSSR count). The lowest BCUT2D eigenvalue weighted by atomic mass is 9.92. The van der Waals surface area contributed by atoms with Crippen molar-refractivity contribution in [2.24, 2.45) is 0 Å². The van der Waals surface area contributed by atoms with Crippen molar-refractivity contribution in [2.45, 2.75) is 37.8 Å². The fourth-order valence-electron chi connectivity index (χ4n) is 2.28. The number of nitrogens with one attached hydrogen (secondary N) is 2. The minimum absolute atomic E-state index is 0.0155. The van der Waals surface area contributed by atoms with Crippen LogP contribution in [0.5, 0.6) is 0 Å². The third-order valence-corrected chi connectivity index (χ3v) is 3.43. The number of hydrogen-bond acceptors (Lipinski definition) is 3. The molecule has 2 amide bonds. The molecule has 114 valence electrons. The Labute approximate surface area is 120 Å². The third kappa shape index (κ3) is 3.98. The molecule has 2 atom stereocenters. The van der Waals surface area contributed by atoms with Crippen LogP contribution >= 0.6 is 0 Å². The zero-order chi connectivity index (χ0) is 15.4. The Morgan fingerprint density at radius 2 is 1.81 bits per heavy atom. The third-order valence-electron chi connectivity index (χ3n) is 3.43. The number of rotatable bonds is 2. The van der Waals surface area contributed by atoms with Crippen molar-refractivity contribution in [2.75, 3.05) is 5.32 Å². The summed E-state index contributed by atoms with van der Waals surface area (Å²) in [5.41, 5.74) is -0.0155. The highest BCUT2D eigenvalue weighted by Crippen LogP contribution is 2.18. The van der Waals surface area contributed by atoms with Gasteiger partial charge in [0.15, 0.2) is 11.6 Å². The fourth-order valence-corrected chi connectivity index (χ4v) is 2.28. The van der Waals surface area contributed by atoms with Crippen molar-refractivity contribution >= 4 is 17.5 Å². The highest BCUT2D eigenvalue weighted by molar-refractivity contribution is 6.39. The van der Waals surface area contributed by atoms with Gasteiger partial charge in [-0.1, -0.05) is 12.8 Å². The molecule has 0 aromatic heterocycles. The summed E-state index contributed by atoms with van der Waals surface area (Å²) in [6.07, 6.45) is 2.27. The number of halogens is 2. The van der Waals surface area contributed by atoms with Crippen molar-refractivity contribution in [1.29, 1.82) is 0 Å². The lowest BCUT2D eigenvalue weighted by Gasteiger charge is -2.27. The van der Waals surface area contributed by atoms with Gasteiger partial charge < -0.3 is 15.7 Å². The van der Waals surface area contributed by atoms with E-state index in [4.69, 9.17) is 0 Å². The van der Waals surface area contributed by atoms with Gasteiger partial charge in [-0.25, -0.2) is 8.78 Å². The Morgan fingerprint density at radius 1 is 1.10 bits per heavy atom. The van der Waals surface area contributed by atoms with Crippen LogP contribution in [0.25, 0.3) is 0 Å². The van der Waals surface area contributed by atoms with Crippen LogP contribution in [-0.2, 0) is 9.59 Å². The van der Waals surface area contributed by atoms with Crippen molar-refractivity contribution in [3.63, 3.8) is 0 Å². The highest BCUT2D eigenvalue weighted by Gasteiger charge is 2.26. The number of aliphatic hydroxyl groups is 1. The number of carbonyl (C=O) groups is 2. The van der Waals surface area contributed by atoms with Gasteiger partial charge in [-0.3, -0.25) is 9.59 Å². The van der Waals surface area contributed by atoms with E-state index in [2.05, 4.69) is 10.6 Å². The van der Waals surface area contributed by atoms with Crippen LogP contribution in [0.1, 0.15) is 25.7 Å². The molecule has 1 saturated carbocycles. The SMILES string of the molecule is O=C(Nc1ccc(F)c(F)c1)C(=O)NC1CCCCC1O. The predicted molar refractivity (Wildman–Crippen MR) is 71.4 cm³/mol. The van der Waals surface area contributed by atoms with Gasteiger partial charge in [-0.15, -0.1) is 0 Å². The zero-order valence-electron chi connectivity index (χ0n) is 11.2. The largest absolute Gasteiger partial charge is 0.391 e. The number of aliphatic hydroxyl groups excluding tert-OH is 1. The molecule has 21 heavy (non-hydrogen) atoms. The van der Waals surface area contributed by atoms with Gasteiger partial charge in [-0.2, -0.15) is 0 Å². The van der Waals surface area contributed by atoms with E-state index in [1.54, 1.807) is 0 Å². The molecule has 0 radical (unpaired) electrons. The maximum Gasteiger partial charge on any atom is 0.313 e. The molecule has 1 fully saturated rings. The van der Waals surface area contributed by atoms with Crippen LogP contribution in [0.2, 0.25) is 0 Å². The van der Waals surface area contributed by atoms with E-state index < -0.39 is 35.6 Å². The lowest BCUT2D eigenvalue weighted by Crippen LogP contribution is -2.48. The van der Waals surface area contributed by atoms with Crippen LogP contribution in [0.4, 0.5) is 14.5 Å². The number of hydrogen-bond donors (Lipinski definition) is 3. The Balaban J connectivity index is 1.93. The van der Waals surface area contributed by atoms with Gasteiger partial charge in [0.25, 0.3) is 0 Å². The number of anilines is 1. The topological polar surface area (TPSA) is 78.4 Å². The summed E-state index contributed by atoms with van der Waals surface area (Å²) in [6.45, 7) is 0.